The molecule has 40 heavy (non-hydrogen) atoms. The standard InChI is InChI=1S/C29H38N8O3/c1-18-26(39-6)25(32-17-31-18)21-7-8-22-23(15-21)34-27(33-22)35-24-16-20(9-10-30-24)19(2)36-11-13-37(14-12-36)28(38)40-29(3,4)5/h9-10,15-17,19H,7-8,11-14H2,1-6H3,(H2,30,33,34,35). The zero-order valence-corrected chi connectivity index (χ0v) is 24.1. The van der Waals surface area contributed by atoms with E-state index in [1.54, 1.807) is 18.3 Å². The predicted octanol–water partition coefficient (Wildman–Crippen LogP) is 4.76. The van der Waals surface area contributed by atoms with E-state index in [4.69, 9.17) is 14.5 Å². The Balaban J connectivity index is 1.24. The van der Waals surface area contributed by atoms with E-state index in [1.807, 2.05) is 40.0 Å². The summed E-state index contributed by atoms with van der Waals surface area (Å²) in [5.74, 6) is 2.08. The number of aromatic nitrogens is 5. The van der Waals surface area contributed by atoms with Gasteiger partial charge in [0, 0.05) is 38.4 Å². The number of nitrogens with zero attached hydrogens (tertiary/aromatic N) is 6. The van der Waals surface area contributed by atoms with Crippen molar-refractivity contribution >= 4 is 29.5 Å². The van der Waals surface area contributed by atoms with Gasteiger partial charge in [-0.25, -0.2) is 24.7 Å². The van der Waals surface area contributed by atoms with Crippen molar-refractivity contribution < 1.29 is 14.3 Å². The van der Waals surface area contributed by atoms with Gasteiger partial charge in [0.05, 0.1) is 24.2 Å². The Kier molecular flexibility index (Phi) is 7.75. The molecule has 11 nitrogen and oxygen atoms in total. The molecule has 0 aromatic carbocycles. The lowest BCUT2D eigenvalue weighted by Crippen LogP contribution is -2.50. The lowest BCUT2D eigenvalue weighted by Gasteiger charge is -2.38. The minimum atomic E-state index is -0.489. The maximum absolute atomic E-state index is 12.4. The molecular weight excluding hydrogens is 508 g/mol. The fourth-order valence-electron chi connectivity index (χ4n) is 5.14. The van der Waals surface area contributed by atoms with Crippen LogP contribution in [0.15, 0.2) is 24.7 Å². The number of nitrogens with one attached hydrogen (secondary N) is 2. The number of hydrogen-bond donors (Lipinski definition) is 2. The van der Waals surface area contributed by atoms with E-state index in [-0.39, 0.29) is 12.1 Å². The molecule has 4 heterocycles. The normalized spacial score (nSPS) is 16.6. The number of fused-ring (bicyclic) bond motifs is 1. The van der Waals surface area contributed by atoms with E-state index in [0.29, 0.717) is 24.8 Å². The average Bonchev–Trinajstić information content (AvgIpc) is 3.33. The number of aryl methyl sites for hydroxylation is 2. The third-order valence-corrected chi connectivity index (χ3v) is 7.28. The summed E-state index contributed by atoms with van der Waals surface area (Å²) in [6.07, 6.45) is 6.84. The van der Waals surface area contributed by atoms with Gasteiger partial charge in [-0.2, -0.15) is 0 Å². The first-order valence-electron chi connectivity index (χ1n) is 13.7. The number of imidazole rings is 1. The maximum Gasteiger partial charge on any atom is 0.410 e. The summed E-state index contributed by atoms with van der Waals surface area (Å²) in [5.41, 5.74) is 5.34. The zero-order valence-electron chi connectivity index (χ0n) is 24.1. The molecule has 1 aliphatic carbocycles. The Bertz CT molecular complexity index is 1400. The number of piperazine rings is 1. The topological polar surface area (TPSA) is 121 Å². The van der Waals surface area contributed by atoms with Crippen molar-refractivity contribution in [2.24, 2.45) is 0 Å². The summed E-state index contributed by atoms with van der Waals surface area (Å²) in [7, 11) is 1.65. The third-order valence-electron chi connectivity index (χ3n) is 7.28. The van der Waals surface area contributed by atoms with Crippen molar-refractivity contribution in [3.05, 3.63) is 53.0 Å². The van der Waals surface area contributed by atoms with E-state index >= 15 is 0 Å². The molecule has 0 spiro atoms. The first-order chi connectivity index (χ1) is 19.1. The molecule has 1 atom stereocenters. The molecule has 0 bridgehead atoms. The maximum atomic E-state index is 12.4. The van der Waals surface area contributed by atoms with E-state index in [2.05, 4.69) is 49.2 Å². The van der Waals surface area contributed by atoms with Crippen molar-refractivity contribution in [2.75, 3.05) is 38.6 Å². The highest BCUT2D eigenvalue weighted by Gasteiger charge is 2.28. The molecule has 1 amide bonds. The van der Waals surface area contributed by atoms with Crippen molar-refractivity contribution in [1.82, 2.24) is 34.7 Å². The molecule has 0 radical (unpaired) electrons. The number of allylic oxidation sites excluding steroid dienone is 1. The van der Waals surface area contributed by atoms with Gasteiger partial charge in [-0.05, 0) is 76.8 Å². The summed E-state index contributed by atoms with van der Waals surface area (Å²) >= 11 is 0. The van der Waals surface area contributed by atoms with Crippen LogP contribution < -0.4 is 10.1 Å². The van der Waals surface area contributed by atoms with Gasteiger partial charge in [0.1, 0.15) is 23.4 Å². The van der Waals surface area contributed by atoms with E-state index in [0.717, 1.165) is 65.7 Å². The van der Waals surface area contributed by atoms with Crippen LogP contribution in [0.25, 0.3) is 11.6 Å². The first-order valence-corrected chi connectivity index (χ1v) is 13.7. The van der Waals surface area contributed by atoms with Gasteiger partial charge in [-0.15, -0.1) is 0 Å². The number of carbonyl (C=O) groups excluding carboxylic acids is 1. The molecule has 1 unspecified atom stereocenters. The molecule has 2 N–H and O–H groups in total. The fourth-order valence-corrected chi connectivity index (χ4v) is 5.14. The molecule has 0 saturated carbocycles. The largest absolute Gasteiger partial charge is 0.493 e. The Labute approximate surface area is 235 Å². The lowest BCUT2D eigenvalue weighted by molar-refractivity contribution is 0.0110. The van der Waals surface area contributed by atoms with Crippen LogP contribution in [0.2, 0.25) is 0 Å². The number of carbonyl (C=O) groups is 1. The monoisotopic (exact) mass is 546 g/mol. The molecule has 3 aromatic heterocycles. The van der Waals surface area contributed by atoms with Crippen molar-refractivity contribution in [3.63, 3.8) is 0 Å². The second-order valence-electron chi connectivity index (χ2n) is 11.2. The van der Waals surface area contributed by atoms with Crippen molar-refractivity contribution in [3.8, 4) is 5.75 Å². The van der Waals surface area contributed by atoms with E-state index < -0.39 is 5.60 Å². The van der Waals surface area contributed by atoms with Crippen LogP contribution in [-0.2, 0) is 11.2 Å². The van der Waals surface area contributed by atoms with Crippen LogP contribution in [0.1, 0.15) is 68.5 Å². The SMILES string of the molecule is COc1c(C)ncnc1C1=Cc2[nH]c(Nc3cc(C(C)N4CCN(C(=O)OC(C)(C)C)CC4)ccn3)nc2CC1. The van der Waals surface area contributed by atoms with Gasteiger partial charge in [0.25, 0.3) is 0 Å². The fraction of sp³-hybridized carbons (Fsp3) is 0.483. The molecule has 5 rings (SSSR count). The highest BCUT2D eigenvalue weighted by atomic mass is 16.6. The van der Waals surface area contributed by atoms with Gasteiger partial charge in [0.2, 0.25) is 5.95 Å². The number of pyridine rings is 1. The van der Waals surface area contributed by atoms with Crippen LogP contribution in [0.4, 0.5) is 16.6 Å². The van der Waals surface area contributed by atoms with Gasteiger partial charge in [-0.3, -0.25) is 4.90 Å². The molecule has 1 fully saturated rings. The van der Waals surface area contributed by atoms with Gasteiger partial charge < -0.3 is 24.7 Å². The Morgan fingerprint density at radius 2 is 1.90 bits per heavy atom. The van der Waals surface area contributed by atoms with E-state index in [9.17, 15) is 4.79 Å². The summed E-state index contributed by atoms with van der Waals surface area (Å²) in [4.78, 5) is 38.0. The number of H-pyrrole nitrogens is 1. The van der Waals surface area contributed by atoms with Crippen molar-refractivity contribution in [1.29, 1.82) is 0 Å². The van der Waals surface area contributed by atoms with Gasteiger partial charge in [-0.1, -0.05) is 0 Å². The van der Waals surface area contributed by atoms with Gasteiger partial charge >= 0.3 is 6.09 Å². The van der Waals surface area contributed by atoms with Crippen molar-refractivity contribution in [2.45, 2.75) is 59.1 Å². The second-order valence-corrected chi connectivity index (χ2v) is 11.2. The minimum absolute atomic E-state index is 0.172. The molecule has 212 valence electrons. The molecule has 1 aliphatic heterocycles. The number of methoxy groups -OCH3 is 1. The molecular formula is C29H38N8O3. The van der Waals surface area contributed by atoms with Crippen LogP contribution in [0, 0.1) is 6.92 Å². The number of anilines is 2. The summed E-state index contributed by atoms with van der Waals surface area (Å²) in [6.45, 7) is 12.6. The minimum Gasteiger partial charge on any atom is -0.493 e. The predicted molar refractivity (Wildman–Crippen MR) is 153 cm³/mol. The number of ether oxygens (including phenoxy) is 2. The average molecular weight is 547 g/mol. The Hall–Kier alpha value is -3.99. The highest BCUT2D eigenvalue weighted by molar-refractivity contribution is 5.84. The van der Waals surface area contributed by atoms with Crippen LogP contribution >= 0.6 is 0 Å². The number of rotatable bonds is 6. The quantitative estimate of drug-likeness (QED) is 0.451. The lowest BCUT2D eigenvalue weighted by atomic mass is 9.96. The number of aromatic amines is 1. The molecule has 11 heteroatoms. The van der Waals surface area contributed by atoms with E-state index in [1.165, 1.54) is 0 Å². The highest BCUT2D eigenvalue weighted by Crippen LogP contribution is 2.34. The van der Waals surface area contributed by atoms with Gasteiger partial charge in [0.15, 0.2) is 5.75 Å². The summed E-state index contributed by atoms with van der Waals surface area (Å²) < 4.78 is 11.1. The summed E-state index contributed by atoms with van der Waals surface area (Å²) in [6, 6.07) is 4.27. The Morgan fingerprint density at radius 1 is 1.12 bits per heavy atom. The molecule has 3 aromatic rings. The third kappa shape index (κ3) is 6.09. The second kappa shape index (κ2) is 11.2. The molecule has 2 aliphatic rings. The van der Waals surface area contributed by atoms with Crippen LogP contribution in [-0.4, -0.2) is 79.7 Å². The number of amides is 1. The first kappa shape index (κ1) is 27.6. The van der Waals surface area contributed by atoms with Crippen LogP contribution in [0.5, 0.6) is 5.75 Å². The smallest absolute Gasteiger partial charge is 0.410 e. The Morgan fingerprint density at radius 3 is 2.62 bits per heavy atom. The van der Waals surface area contributed by atoms with Crippen LogP contribution in [0.3, 0.4) is 0 Å². The number of hydrogen-bond acceptors (Lipinski definition) is 9. The summed E-state index contributed by atoms with van der Waals surface area (Å²) in [5, 5.41) is 3.34. The molecule has 1 saturated heterocycles. The zero-order chi connectivity index (χ0) is 28.4.